The van der Waals surface area contributed by atoms with Gasteiger partial charge >= 0.3 is 0 Å². The highest BCUT2D eigenvalue weighted by Gasteiger charge is 2.19. The quantitative estimate of drug-likeness (QED) is 0.771. The van der Waals surface area contributed by atoms with Crippen LogP contribution >= 0.6 is 0 Å². The van der Waals surface area contributed by atoms with Crippen LogP contribution in [0.5, 0.6) is 5.75 Å². The van der Waals surface area contributed by atoms with Gasteiger partial charge in [-0.2, -0.15) is 0 Å². The summed E-state index contributed by atoms with van der Waals surface area (Å²) >= 11 is 0. The molecule has 3 nitrogen and oxygen atoms in total. The predicted molar refractivity (Wildman–Crippen MR) is 44.9 cm³/mol. The summed E-state index contributed by atoms with van der Waals surface area (Å²) in [6.07, 6.45) is -1.43. The first-order chi connectivity index (χ1) is 6.07. The van der Waals surface area contributed by atoms with Gasteiger partial charge in [0.2, 0.25) is 0 Å². The van der Waals surface area contributed by atoms with Crippen molar-refractivity contribution in [2.24, 2.45) is 0 Å². The zero-order chi connectivity index (χ0) is 10.0. The van der Waals surface area contributed by atoms with E-state index < -0.39 is 6.43 Å². The van der Waals surface area contributed by atoms with Crippen LogP contribution in [0.2, 0.25) is 0 Å². The molecule has 0 aromatic carbocycles. The van der Waals surface area contributed by atoms with Gasteiger partial charge in [0.25, 0.3) is 6.43 Å². The van der Waals surface area contributed by atoms with E-state index in [9.17, 15) is 8.78 Å². The van der Waals surface area contributed by atoms with Crippen molar-refractivity contribution in [2.75, 3.05) is 12.8 Å². The second kappa shape index (κ2) is 3.55. The lowest BCUT2D eigenvalue weighted by Crippen LogP contribution is -2.02. The van der Waals surface area contributed by atoms with Gasteiger partial charge in [-0.15, -0.1) is 0 Å². The Bertz CT molecular complexity index is 315. The van der Waals surface area contributed by atoms with Crippen molar-refractivity contribution in [1.82, 2.24) is 4.98 Å². The van der Waals surface area contributed by atoms with Gasteiger partial charge in [-0.1, -0.05) is 0 Å². The van der Waals surface area contributed by atoms with Crippen LogP contribution in [0, 0.1) is 6.92 Å². The van der Waals surface area contributed by atoms with E-state index in [0.717, 1.165) is 0 Å². The van der Waals surface area contributed by atoms with Gasteiger partial charge in [0.05, 0.1) is 30.3 Å². The number of rotatable bonds is 2. The lowest BCUT2D eigenvalue weighted by molar-refractivity contribution is 0.147. The first-order valence-electron chi connectivity index (χ1n) is 3.65. The molecule has 72 valence electrons. The summed E-state index contributed by atoms with van der Waals surface area (Å²) < 4.78 is 29.7. The summed E-state index contributed by atoms with van der Waals surface area (Å²) in [4.78, 5) is 3.81. The standard InChI is InChI=1S/C8H10F2N2O/c1-4-7(13-2)6(8(9)10)5(11)3-12-4/h3,8H,11H2,1-2H3. The van der Waals surface area contributed by atoms with E-state index in [1.54, 1.807) is 6.92 Å². The highest BCUT2D eigenvalue weighted by molar-refractivity contribution is 5.54. The number of nitrogens with two attached hydrogens (primary N) is 1. The van der Waals surface area contributed by atoms with E-state index in [4.69, 9.17) is 10.5 Å². The van der Waals surface area contributed by atoms with Gasteiger partial charge in [0.15, 0.2) is 5.75 Å². The van der Waals surface area contributed by atoms with E-state index in [2.05, 4.69) is 4.98 Å². The van der Waals surface area contributed by atoms with Crippen molar-refractivity contribution in [3.8, 4) is 5.75 Å². The molecular formula is C8H10F2N2O. The SMILES string of the molecule is COc1c(C)ncc(N)c1C(F)F. The van der Waals surface area contributed by atoms with Crippen LogP contribution in [0.15, 0.2) is 6.20 Å². The van der Waals surface area contributed by atoms with Crippen molar-refractivity contribution in [3.05, 3.63) is 17.5 Å². The molecule has 13 heavy (non-hydrogen) atoms. The first-order valence-corrected chi connectivity index (χ1v) is 3.65. The molecule has 0 aliphatic carbocycles. The molecule has 0 unspecified atom stereocenters. The van der Waals surface area contributed by atoms with Gasteiger partial charge in [-0.25, -0.2) is 8.78 Å². The van der Waals surface area contributed by atoms with E-state index in [1.165, 1.54) is 13.3 Å². The number of ether oxygens (including phenoxy) is 1. The van der Waals surface area contributed by atoms with Crippen LogP contribution in [-0.2, 0) is 0 Å². The summed E-state index contributed by atoms with van der Waals surface area (Å²) in [7, 11) is 1.31. The highest BCUT2D eigenvalue weighted by Crippen LogP contribution is 2.34. The molecule has 1 rings (SSSR count). The summed E-state index contributed by atoms with van der Waals surface area (Å²) in [6, 6.07) is 0. The lowest BCUT2D eigenvalue weighted by atomic mass is 10.2. The molecule has 0 saturated carbocycles. The van der Waals surface area contributed by atoms with Crippen LogP contribution in [0.1, 0.15) is 17.7 Å². The van der Waals surface area contributed by atoms with Crippen molar-refractivity contribution >= 4 is 5.69 Å². The van der Waals surface area contributed by atoms with Gasteiger partial charge in [0.1, 0.15) is 0 Å². The van der Waals surface area contributed by atoms with E-state index in [0.29, 0.717) is 5.69 Å². The fraction of sp³-hybridized carbons (Fsp3) is 0.375. The topological polar surface area (TPSA) is 48.1 Å². The molecule has 0 aliphatic rings. The average molecular weight is 188 g/mol. The normalized spacial score (nSPS) is 10.5. The maximum atomic E-state index is 12.5. The van der Waals surface area contributed by atoms with Gasteiger partial charge in [0, 0.05) is 0 Å². The number of aryl methyl sites for hydroxylation is 1. The Balaban J connectivity index is 3.35. The Hall–Kier alpha value is -1.39. The Morgan fingerprint density at radius 2 is 2.15 bits per heavy atom. The third kappa shape index (κ3) is 1.68. The number of methoxy groups -OCH3 is 1. The van der Waals surface area contributed by atoms with E-state index in [-0.39, 0.29) is 17.0 Å². The smallest absolute Gasteiger partial charge is 0.269 e. The highest BCUT2D eigenvalue weighted by atomic mass is 19.3. The number of anilines is 1. The van der Waals surface area contributed by atoms with Crippen LogP contribution < -0.4 is 10.5 Å². The summed E-state index contributed by atoms with van der Waals surface area (Å²) in [5.74, 6) is 0.0648. The molecule has 5 heteroatoms. The second-order valence-electron chi connectivity index (χ2n) is 2.55. The van der Waals surface area contributed by atoms with E-state index >= 15 is 0 Å². The summed E-state index contributed by atoms with van der Waals surface area (Å²) in [5.41, 5.74) is 5.43. The third-order valence-corrected chi connectivity index (χ3v) is 1.70. The molecule has 2 N–H and O–H groups in total. The Labute approximate surface area is 74.5 Å². The molecular weight excluding hydrogens is 178 g/mol. The third-order valence-electron chi connectivity index (χ3n) is 1.70. The average Bonchev–Trinajstić information content (AvgIpc) is 2.07. The number of nitrogens with zero attached hydrogens (tertiary/aromatic N) is 1. The lowest BCUT2D eigenvalue weighted by Gasteiger charge is -2.11. The molecule has 1 aromatic heterocycles. The van der Waals surface area contributed by atoms with Crippen LogP contribution in [0.3, 0.4) is 0 Å². The zero-order valence-corrected chi connectivity index (χ0v) is 7.34. The minimum absolute atomic E-state index is 0.0440. The molecule has 0 saturated heterocycles. The Kier molecular flexibility index (Phi) is 2.65. The number of hydrogen-bond acceptors (Lipinski definition) is 3. The molecule has 0 amide bonds. The maximum absolute atomic E-state index is 12.5. The summed E-state index contributed by atoms with van der Waals surface area (Å²) in [6.45, 7) is 1.59. The first kappa shape index (κ1) is 9.70. The molecule has 0 atom stereocenters. The largest absolute Gasteiger partial charge is 0.494 e. The Morgan fingerprint density at radius 3 is 2.54 bits per heavy atom. The molecule has 0 radical (unpaired) electrons. The molecule has 0 aliphatic heterocycles. The van der Waals surface area contributed by atoms with Crippen LogP contribution in [0.25, 0.3) is 0 Å². The zero-order valence-electron chi connectivity index (χ0n) is 7.34. The maximum Gasteiger partial charge on any atom is 0.269 e. The van der Waals surface area contributed by atoms with E-state index in [1.807, 2.05) is 0 Å². The van der Waals surface area contributed by atoms with Crippen molar-refractivity contribution in [1.29, 1.82) is 0 Å². The fourth-order valence-electron chi connectivity index (χ4n) is 1.10. The monoisotopic (exact) mass is 188 g/mol. The number of pyridine rings is 1. The number of nitrogen functional groups attached to an aromatic ring is 1. The second-order valence-corrected chi connectivity index (χ2v) is 2.55. The van der Waals surface area contributed by atoms with Crippen molar-refractivity contribution < 1.29 is 13.5 Å². The van der Waals surface area contributed by atoms with Gasteiger partial charge in [-0.05, 0) is 6.92 Å². The van der Waals surface area contributed by atoms with Gasteiger partial charge < -0.3 is 10.5 Å². The molecule has 1 heterocycles. The van der Waals surface area contributed by atoms with Crippen molar-refractivity contribution in [3.63, 3.8) is 0 Å². The van der Waals surface area contributed by atoms with Crippen molar-refractivity contribution in [2.45, 2.75) is 13.3 Å². The number of halogens is 2. The predicted octanol–water partition coefficient (Wildman–Crippen LogP) is 1.92. The van der Waals surface area contributed by atoms with Crippen LogP contribution in [0.4, 0.5) is 14.5 Å². The number of alkyl halides is 2. The minimum atomic E-state index is -2.64. The van der Waals surface area contributed by atoms with Gasteiger partial charge in [-0.3, -0.25) is 4.98 Å². The number of hydrogen-bond donors (Lipinski definition) is 1. The number of aromatic nitrogens is 1. The van der Waals surface area contributed by atoms with Crippen LogP contribution in [-0.4, -0.2) is 12.1 Å². The molecule has 0 bridgehead atoms. The minimum Gasteiger partial charge on any atom is -0.494 e. The summed E-state index contributed by atoms with van der Waals surface area (Å²) in [5, 5.41) is 0. The fourth-order valence-corrected chi connectivity index (χ4v) is 1.10. The molecule has 0 spiro atoms. The Morgan fingerprint density at radius 1 is 1.54 bits per heavy atom. The molecule has 1 aromatic rings. The molecule has 0 fully saturated rings.